The van der Waals surface area contributed by atoms with Crippen LogP contribution in [0.15, 0.2) is 12.1 Å². The van der Waals surface area contributed by atoms with E-state index in [4.69, 9.17) is 10.8 Å². The molecule has 0 bridgehead atoms. The van der Waals surface area contributed by atoms with E-state index in [2.05, 4.69) is 22.0 Å². The Morgan fingerprint density at radius 2 is 1.92 bits per heavy atom. The second-order valence-corrected chi connectivity index (χ2v) is 10.5. The molecule has 2 aliphatic carbocycles. The minimum absolute atomic E-state index is 0.00336. The molecule has 6 nitrogen and oxygen atoms in total. The molecule has 1 aliphatic heterocycles. The summed E-state index contributed by atoms with van der Waals surface area (Å²) in [6.07, 6.45) is -3.53. The van der Waals surface area contributed by atoms with Crippen molar-refractivity contribution in [2.45, 2.75) is 63.9 Å². The fourth-order valence-corrected chi connectivity index (χ4v) is 5.86. The monoisotopic (exact) mass is 507 g/mol. The highest BCUT2D eigenvalue weighted by Crippen LogP contribution is 2.60. The Balaban J connectivity index is 1.62. The van der Waals surface area contributed by atoms with Gasteiger partial charge >= 0.3 is 6.36 Å². The van der Waals surface area contributed by atoms with Gasteiger partial charge in [-0.2, -0.15) is 5.10 Å². The number of fused-ring (bicyclic) bond motifs is 2. The number of nitrogens with zero attached hydrogens (tertiary/aromatic N) is 3. The topological polar surface area (TPSA) is 78.0 Å². The van der Waals surface area contributed by atoms with Gasteiger partial charge in [0.1, 0.15) is 11.2 Å². The van der Waals surface area contributed by atoms with E-state index in [1.54, 1.807) is 4.68 Å². The van der Waals surface area contributed by atoms with E-state index in [0.717, 1.165) is 31.1 Å². The number of hydrogen-bond donors (Lipinski definition) is 2. The summed E-state index contributed by atoms with van der Waals surface area (Å²) in [5.74, 6) is -2.59. The van der Waals surface area contributed by atoms with Gasteiger partial charge in [-0.1, -0.05) is 13.8 Å². The van der Waals surface area contributed by atoms with E-state index in [1.807, 2.05) is 13.8 Å². The van der Waals surface area contributed by atoms with Crippen molar-refractivity contribution < 1.29 is 26.7 Å². The number of rotatable bonds is 5. The second kappa shape index (κ2) is 7.77. The van der Waals surface area contributed by atoms with Gasteiger partial charge in [-0.05, 0) is 50.1 Å². The van der Waals surface area contributed by atoms with E-state index in [1.165, 1.54) is 0 Å². The zero-order valence-corrected chi connectivity index (χ0v) is 20.0. The minimum atomic E-state index is -5.19. The summed E-state index contributed by atoms with van der Waals surface area (Å²) in [5, 5.41) is 8.95. The molecule has 3 N–H and O–H groups in total. The number of nitrogen functional groups attached to an aromatic ring is 1. The standard InChI is InChI=1S/C25H26F5N5O/c1-9(2)20-18-22(17-14-8-32-10(3)16(14)17)34-35(12-4-5-12)23(18)19(27)21(33-20)13-6-11(31)7-15(26)24(13)36-25(28,29)30/h6-7,9-10,12,14,16-17,32H,4-5,8,31H2,1-3H3/t10-,14+,16-,17-/m0/s1. The Morgan fingerprint density at radius 3 is 2.50 bits per heavy atom. The number of hydrogen-bond acceptors (Lipinski definition) is 5. The second-order valence-electron chi connectivity index (χ2n) is 10.5. The van der Waals surface area contributed by atoms with E-state index in [0.29, 0.717) is 35.0 Å². The molecule has 0 amide bonds. The van der Waals surface area contributed by atoms with Crippen LogP contribution in [0.1, 0.15) is 62.9 Å². The number of benzene rings is 1. The summed E-state index contributed by atoms with van der Waals surface area (Å²) in [6, 6.07) is 2.09. The van der Waals surface area contributed by atoms with Gasteiger partial charge in [0.2, 0.25) is 0 Å². The summed E-state index contributed by atoms with van der Waals surface area (Å²) in [4.78, 5) is 4.51. The van der Waals surface area contributed by atoms with Crippen molar-refractivity contribution in [3.8, 4) is 17.0 Å². The number of pyridine rings is 1. The Labute approximate surface area is 204 Å². The van der Waals surface area contributed by atoms with Crippen molar-refractivity contribution in [2.24, 2.45) is 11.8 Å². The molecule has 6 rings (SSSR count). The van der Waals surface area contributed by atoms with Gasteiger partial charge in [-0.3, -0.25) is 4.68 Å². The van der Waals surface area contributed by atoms with Crippen LogP contribution < -0.4 is 15.8 Å². The first kappa shape index (κ1) is 23.4. The van der Waals surface area contributed by atoms with Crippen molar-refractivity contribution in [3.63, 3.8) is 0 Å². The lowest BCUT2D eigenvalue weighted by molar-refractivity contribution is -0.275. The fourth-order valence-electron chi connectivity index (χ4n) is 5.86. The third-order valence-corrected chi connectivity index (χ3v) is 7.62. The van der Waals surface area contributed by atoms with Crippen LogP contribution in [-0.2, 0) is 0 Å². The number of nitrogens with two attached hydrogens (primary N) is 1. The zero-order valence-electron chi connectivity index (χ0n) is 20.0. The van der Waals surface area contributed by atoms with Crippen molar-refractivity contribution >= 4 is 16.6 Å². The van der Waals surface area contributed by atoms with E-state index in [-0.39, 0.29) is 29.1 Å². The number of piperidine rings is 1. The number of alkyl halides is 3. The van der Waals surface area contributed by atoms with Crippen LogP contribution in [0.2, 0.25) is 0 Å². The van der Waals surface area contributed by atoms with Gasteiger partial charge in [0.05, 0.1) is 23.0 Å². The number of aromatic nitrogens is 3. The maximum absolute atomic E-state index is 16.4. The molecular formula is C25H26F5N5O. The van der Waals surface area contributed by atoms with Gasteiger partial charge in [0.15, 0.2) is 17.4 Å². The zero-order chi connectivity index (χ0) is 25.7. The lowest BCUT2D eigenvalue weighted by atomic mass is 9.98. The Hall–Kier alpha value is -2.95. The number of halogens is 5. The fraction of sp³-hybridized carbons (Fsp3) is 0.520. The van der Waals surface area contributed by atoms with Gasteiger partial charge < -0.3 is 15.8 Å². The molecule has 0 spiro atoms. The SMILES string of the molecule is CC(C)c1nc(-c2cc(N)cc(F)c2OC(F)(F)F)c(F)c2c1c([C@H]1[C@@H]3CN[C@@H](C)[C@@H]31)nn2C1CC1. The summed E-state index contributed by atoms with van der Waals surface area (Å²) in [5.41, 5.74) is 6.16. The minimum Gasteiger partial charge on any atom is -0.402 e. The van der Waals surface area contributed by atoms with E-state index in [9.17, 15) is 17.6 Å². The first-order valence-corrected chi connectivity index (χ1v) is 12.2. The summed E-state index contributed by atoms with van der Waals surface area (Å²) >= 11 is 0. The maximum atomic E-state index is 16.4. The molecule has 192 valence electrons. The van der Waals surface area contributed by atoms with Crippen LogP contribution in [0.5, 0.6) is 5.75 Å². The first-order valence-electron chi connectivity index (χ1n) is 12.2. The van der Waals surface area contributed by atoms with Crippen LogP contribution in [0.4, 0.5) is 27.6 Å². The Morgan fingerprint density at radius 1 is 1.19 bits per heavy atom. The molecular weight excluding hydrogens is 481 g/mol. The first-order chi connectivity index (χ1) is 17.0. The molecule has 3 aliphatic rings. The molecule has 1 aromatic carbocycles. The van der Waals surface area contributed by atoms with Gasteiger partial charge in [0.25, 0.3) is 0 Å². The summed E-state index contributed by atoms with van der Waals surface area (Å²) in [6.45, 7) is 6.75. The van der Waals surface area contributed by atoms with Gasteiger partial charge in [0, 0.05) is 29.1 Å². The third-order valence-electron chi connectivity index (χ3n) is 7.62. The quantitative estimate of drug-likeness (QED) is 0.345. The summed E-state index contributed by atoms with van der Waals surface area (Å²) < 4.78 is 76.1. The smallest absolute Gasteiger partial charge is 0.402 e. The lowest BCUT2D eigenvalue weighted by Crippen LogP contribution is -2.24. The van der Waals surface area contributed by atoms with Crippen molar-refractivity contribution in [2.75, 3.05) is 12.3 Å². The highest BCUT2D eigenvalue weighted by atomic mass is 19.4. The molecule has 3 heterocycles. The molecule has 1 saturated heterocycles. The lowest BCUT2D eigenvalue weighted by Gasteiger charge is -2.18. The molecule has 0 unspecified atom stereocenters. The predicted molar refractivity (Wildman–Crippen MR) is 124 cm³/mol. The van der Waals surface area contributed by atoms with E-state index >= 15 is 4.39 Å². The molecule has 36 heavy (non-hydrogen) atoms. The van der Waals surface area contributed by atoms with Gasteiger partial charge in [-0.25, -0.2) is 13.8 Å². The van der Waals surface area contributed by atoms with Crippen LogP contribution in [0, 0.1) is 23.5 Å². The Kier molecular flexibility index (Phi) is 5.06. The molecule has 2 saturated carbocycles. The number of anilines is 1. The predicted octanol–water partition coefficient (Wildman–Crippen LogP) is 5.64. The normalized spacial score (nSPS) is 25.6. The van der Waals surface area contributed by atoms with Crippen LogP contribution in [0.25, 0.3) is 22.2 Å². The largest absolute Gasteiger partial charge is 0.573 e. The number of ether oxygens (including phenoxy) is 1. The van der Waals surface area contributed by atoms with Crippen LogP contribution >= 0.6 is 0 Å². The van der Waals surface area contributed by atoms with Crippen molar-refractivity contribution in [3.05, 3.63) is 35.2 Å². The third kappa shape index (κ3) is 3.62. The number of nitrogens with one attached hydrogen (secondary N) is 1. The average molecular weight is 508 g/mol. The Bertz CT molecular complexity index is 1380. The van der Waals surface area contributed by atoms with E-state index < -0.39 is 35.0 Å². The summed E-state index contributed by atoms with van der Waals surface area (Å²) in [7, 11) is 0. The molecule has 2 aromatic heterocycles. The molecule has 11 heteroatoms. The van der Waals surface area contributed by atoms with Crippen molar-refractivity contribution in [1.29, 1.82) is 0 Å². The maximum Gasteiger partial charge on any atom is 0.573 e. The van der Waals surface area contributed by atoms with Gasteiger partial charge in [-0.15, -0.1) is 13.2 Å². The van der Waals surface area contributed by atoms with Crippen LogP contribution in [-0.4, -0.2) is 33.7 Å². The van der Waals surface area contributed by atoms with Crippen LogP contribution in [0.3, 0.4) is 0 Å². The average Bonchev–Trinajstić information content (AvgIpc) is 3.68. The molecule has 3 fully saturated rings. The highest BCUT2D eigenvalue weighted by Gasteiger charge is 2.59. The molecule has 0 radical (unpaired) electrons. The molecule has 4 atom stereocenters. The highest BCUT2D eigenvalue weighted by molar-refractivity contribution is 5.91. The van der Waals surface area contributed by atoms with Crippen molar-refractivity contribution in [1.82, 2.24) is 20.1 Å². The molecule has 3 aromatic rings.